The predicted octanol–water partition coefficient (Wildman–Crippen LogP) is 4.43. The van der Waals surface area contributed by atoms with Crippen molar-refractivity contribution < 1.29 is 9.59 Å². The van der Waals surface area contributed by atoms with Gasteiger partial charge >= 0.3 is 0 Å². The number of hydrogen-bond acceptors (Lipinski definition) is 4. The van der Waals surface area contributed by atoms with Crippen LogP contribution < -0.4 is 10.6 Å². The maximum Gasteiger partial charge on any atom is 0.255 e. The van der Waals surface area contributed by atoms with Crippen molar-refractivity contribution in [1.29, 1.82) is 0 Å². The molecule has 0 aliphatic carbocycles. The summed E-state index contributed by atoms with van der Waals surface area (Å²) in [5.74, 6) is -0.576. The molecule has 148 valence electrons. The number of nitrogens with one attached hydrogen (secondary N) is 2. The highest BCUT2D eigenvalue weighted by molar-refractivity contribution is 6.34. The zero-order valence-corrected chi connectivity index (χ0v) is 16.4. The summed E-state index contributed by atoms with van der Waals surface area (Å²) in [5, 5.41) is 9.99. The minimum Gasteiger partial charge on any atom is -0.322 e. The van der Waals surface area contributed by atoms with Gasteiger partial charge in [-0.15, -0.1) is 0 Å². The van der Waals surface area contributed by atoms with E-state index in [-0.39, 0.29) is 11.8 Å². The number of halogens is 1. The summed E-state index contributed by atoms with van der Waals surface area (Å²) < 4.78 is 1.60. The zero-order chi connectivity index (χ0) is 20.9. The standard InChI is InChI=1S/C22H16ClN5O2/c23-19-11-8-17(12-20(19)27-22(30)15-4-2-1-3-5-15)26-21(29)16-6-9-18(10-7-16)28-14-24-13-25-28/h1-14H,(H,26,29)(H,27,30). The molecule has 0 saturated carbocycles. The first-order chi connectivity index (χ1) is 14.6. The van der Waals surface area contributed by atoms with Gasteiger partial charge in [0, 0.05) is 16.8 Å². The molecule has 0 saturated heterocycles. The number of anilines is 2. The Hall–Kier alpha value is -3.97. The van der Waals surface area contributed by atoms with Crippen LogP contribution in [0.1, 0.15) is 20.7 Å². The van der Waals surface area contributed by atoms with Gasteiger partial charge in [-0.25, -0.2) is 9.67 Å². The Morgan fingerprint density at radius 3 is 2.23 bits per heavy atom. The molecule has 0 bridgehead atoms. The first-order valence-electron chi connectivity index (χ1n) is 9.02. The Labute approximate surface area is 177 Å². The highest BCUT2D eigenvalue weighted by Crippen LogP contribution is 2.26. The van der Waals surface area contributed by atoms with E-state index in [0.29, 0.717) is 27.5 Å². The number of benzene rings is 3. The van der Waals surface area contributed by atoms with Crippen LogP contribution in [0.4, 0.5) is 11.4 Å². The van der Waals surface area contributed by atoms with E-state index in [1.54, 1.807) is 77.7 Å². The number of aromatic nitrogens is 3. The average Bonchev–Trinajstić information content (AvgIpc) is 3.32. The van der Waals surface area contributed by atoms with Crippen molar-refractivity contribution in [1.82, 2.24) is 14.8 Å². The number of hydrogen-bond donors (Lipinski definition) is 2. The fraction of sp³-hybridized carbons (Fsp3) is 0. The van der Waals surface area contributed by atoms with Gasteiger partial charge in [0.05, 0.1) is 16.4 Å². The van der Waals surface area contributed by atoms with Gasteiger partial charge in [0.25, 0.3) is 11.8 Å². The van der Waals surface area contributed by atoms with Crippen LogP contribution in [-0.4, -0.2) is 26.6 Å². The third-order valence-corrected chi connectivity index (χ3v) is 4.65. The second-order valence-electron chi connectivity index (χ2n) is 6.36. The first-order valence-corrected chi connectivity index (χ1v) is 9.40. The van der Waals surface area contributed by atoms with Crippen LogP contribution in [0.3, 0.4) is 0 Å². The molecule has 4 rings (SSSR count). The van der Waals surface area contributed by atoms with Gasteiger partial charge in [-0.3, -0.25) is 9.59 Å². The molecular formula is C22H16ClN5O2. The van der Waals surface area contributed by atoms with Gasteiger partial charge in [0.1, 0.15) is 12.7 Å². The summed E-state index contributed by atoms with van der Waals surface area (Å²) in [6.45, 7) is 0. The van der Waals surface area contributed by atoms with Crippen molar-refractivity contribution in [3.63, 3.8) is 0 Å². The number of nitrogens with zero attached hydrogens (tertiary/aromatic N) is 3. The topological polar surface area (TPSA) is 88.9 Å². The molecule has 8 heteroatoms. The van der Waals surface area contributed by atoms with Crippen molar-refractivity contribution >= 4 is 34.8 Å². The second-order valence-corrected chi connectivity index (χ2v) is 6.76. The molecule has 1 aromatic heterocycles. The molecule has 0 radical (unpaired) electrons. The molecule has 2 N–H and O–H groups in total. The maximum absolute atomic E-state index is 12.6. The van der Waals surface area contributed by atoms with Gasteiger partial charge in [0.15, 0.2) is 0 Å². The molecule has 0 aliphatic heterocycles. The molecule has 7 nitrogen and oxygen atoms in total. The molecule has 2 amide bonds. The van der Waals surface area contributed by atoms with E-state index in [1.807, 2.05) is 6.07 Å². The molecule has 0 atom stereocenters. The SMILES string of the molecule is O=C(Nc1ccc(Cl)c(NC(=O)c2ccccc2)c1)c1ccc(-n2cncn2)cc1. The molecule has 4 aromatic rings. The fourth-order valence-corrected chi connectivity index (χ4v) is 2.96. The van der Waals surface area contributed by atoms with E-state index in [4.69, 9.17) is 11.6 Å². The highest BCUT2D eigenvalue weighted by Gasteiger charge is 2.11. The van der Waals surface area contributed by atoms with Crippen LogP contribution in [0, 0.1) is 0 Å². The van der Waals surface area contributed by atoms with Gasteiger partial charge in [-0.1, -0.05) is 29.8 Å². The van der Waals surface area contributed by atoms with E-state index >= 15 is 0 Å². The average molecular weight is 418 g/mol. The summed E-state index contributed by atoms with van der Waals surface area (Å²) in [5.41, 5.74) is 2.69. The lowest BCUT2D eigenvalue weighted by Crippen LogP contribution is -2.14. The lowest BCUT2D eigenvalue weighted by atomic mass is 10.1. The summed E-state index contributed by atoms with van der Waals surface area (Å²) in [6, 6.07) is 20.6. The van der Waals surface area contributed by atoms with E-state index in [2.05, 4.69) is 20.7 Å². The Balaban J connectivity index is 1.47. The Morgan fingerprint density at radius 1 is 0.833 bits per heavy atom. The summed E-state index contributed by atoms with van der Waals surface area (Å²) in [4.78, 5) is 28.9. The van der Waals surface area contributed by atoms with Crippen LogP contribution in [0.25, 0.3) is 5.69 Å². The summed E-state index contributed by atoms with van der Waals surface area (Å²) >= 11 is 6.21. The number of amides is 2. The molecule has 3 aromatic carbocycles. The lowest BCUT2D eigenvalue weighted by Gasteiger charge is -2.11. The molecular weight excluding hydrogens is 402 g/mol. The lowest BCUT2D eigenvalue weighted by molar-refractivity contribution is 0.101. The van der Waals surface area contributed by atoms with Crippen LogP contribution >= 0.6 is 11.6 Å². The zero-order valence-electron chi connectivity index (χ0n) is 15.6. The largest absolute Gasteiger partial charge is 0.322 e. The Bertz CT molecular complexity index is 1180. The van der Waals surface area contributed by atoms with E-state index in [0.717, 1.165) is 5.69 Å². The van der Waals surface area contributed by atoms with Crippen molar-refractivity contribution in [3.8, 4) is 5.69 Å². The van der Waals surface area contributed by atoms with Crippen LogP contribution in [0.15, 0.2) is 85.5 Å². The quantitative estimate of drug-likeness (QED) is 0.503. The molecule has 0 spiro atoms. The van der Waals surface area contributed by atoms with Crippen molar-refractivity contribution in [3.05, 3.63) is 102 Å². The van der Waals surface area contributed by atoms with Crippen LogP contribution in [-0.2, 0) is 0 Å². The number of rotatable bonds is 5. The number of carbonyl (C=O) groups is 2. The first kappa shape index (κ1) is 19.4. The molecule has 30 heavy (non-hydrogen) atoms. The van der Waals surface area contributed by atoms with Gasteiger partial charge in [-0.2, -0.15) is 5.10 Å². The fourth-order valence-electron chi connectivity index (χ4n) is 2.79. The molecule has 1 heterocycles. The predicted molar refractivity (Wildman–Crippen MR) is 115 cm³/mol. The number of carbonyl (C=O) groups excluding carboxylic acids is 2. The molecule has 0 fully saturated rings. The molecule has 0 unspecified atom stereocenters. The van der Waals surface area contributed by atoms with Crippen molar-refractivity contribution in [2.45, 2.75) is 0 Å². The monoisotopic (exact) mass is 417 g/mol. The van der Waals surface area contributed by atoms with Gasteiger partial charge in [-0.05, 0) is 54.6 Å². The minimum absolute atomic E-state index is 0.287. The normalized spacial score (nSPS) is 10.4. The minimum atomic E-state index is -0.289. The second kappa shape index (κ2) is 8.59. The van der Waals surface area contributed by atoms with E-state index < -0.39 is 0 Å². The summed E-state index contributed by atoms with van der Waals surface area (Å²) in [7, 11) is 0. The highest BCUT2D eigenvalue weighted by atomic mass is 35.5. The smallest absolute Gasteiger partial charge is 0.255 e. The van der Waals surface area contributed by atoms with E-state index in [1.165, 1.54) is 6.33 Å². The van der Waals surface area contributed by atoms with Crippen molar-refractivity contribution in [2.24, 2.45) is 0 Å². The van der Waals surface area contributed by atoms with Gasteiger partial charge in [0.2, 0.25) is 0 Å². The Morgan fingerprint density at radius 2 is 1.53 bits per heavy atom. The summed E-state index contributed by atoms with van der Waals surface area (Å²) in [6.07, 6.45) is 3.02. The maximum atomic E-state index is 12.6. The van der Waals surface area contributed by atoms with Crippen LogP contribution in [0.2, 0.25) is 5.02 Å². The van der Waals surface area contributed by atoms with Gasteiger partial charge < -0.3 is 10.6 Å². The van der Waals surface area contributed by atoms with Crippen molar-refractivity contribution in [2.75, 3.05) is 10.6 Å². The van der Waals surface area contributed by atoms with Crippen LogP contribution in [0.5, 0.6) is 0 Å². The van der Waals surface area contributed by atoms with E-state index in [9.17, 15) is 9.59 Å². The third-order valence-electron chi connectivity index (χ3n) is 4.32. The molecule has 0 aliphatic rings. The Kier molecular flexibility index (Phi) is 5.54. The third kappa shape index (κ3) is 4.37.